The Hall–Kier alpha value is -2.89. The fourth-order valence-corrected chi connectivity index (χ4v) is 6.89. The normalized spacial score (nSPS) is 15.8. The van der Waals surface area contributed by atoms with Crippen molar-refractivity contribution in [3.05, 3.63) is 83.2 Å². The highest BCUT2D eigenvalue weighted by Gasteiger charge is 2.33. The van der Waals surface area contributed by atoms with Gasteiger partial charge in [-0.05, 0) is 17.7 Å². The van der Waals surface area contributed by atoms with Crippen LogP contribution in [0.4, 0.5) is 10.3 Å². The van der Waals surface area contributed by atoms with Crippen LogP contribution >= 0.6 is 18.7 Å². The van der Waals surface area contributed by atoms with Crippen molar-refractivity contribution in [3.63, 3.8) is 0 Å². The summed E-state index contributed by atoms with van der Waals surface area (Å²) in [5, 5.41) is 11.2. The van der Waals surface area contributed by atoms with Crippen LogP contribution in [0.3, 0.4) is 0 Å². The molecule has 9 heteroatoms. The Morgan fingerprint density at radius 1 is 1.03 bits per heavy atom. The van der Waals surface area contributed by atoms with Crippen molar-refractivity contribution >= 4 is 40.8 Å². The van der Waals surface area contributed by atoms with Gasteiger partial charge in [-0.15, -0.1) is 0 Å². The lowest BCUT2D eigenvalue weighted by Gasteiger charge is -2.32. The molecule has 0 radical (unpaired) electrons. The highest BCUT2D eigenvalue weighted by Crippen LogP contribution is 2.47. The standard InChI is InChI=1S/C23H20ClFN5OP/c24-18-14-26-23(27-15-18)30-7-9-32(31,10-8-30)22-12-16(5-6-20(22)25)11-21-19-4-2-1-3-17(19)13-28-29-21/h1-6,12-15H,7-11H2. The number of hydrogen-bond acceptors (Lipinski definition) is 6. The van der Waals surface area contributed by atoms with Gasteiger partial charge in [-0.1, -0.05) is 41.9 Å². The van der Waals surface area contributed by atoms with Gasteiger partial charge in [0.1, 0.15) is 13.0 Å². The number of anilines is 1. The predicted octanol–water partition coefficient (Wildman–Crippen LogP) is 4.31. The monoisotopic (exact) mass is 467 g/mol. The highest BCUT2D eigenvalue weighted by molar-refractivity contribution is 7.71. The molecular formula is C23H20ClFN5OP. The first kappa shape index (κ1) is 21.0. The van der Waals surface area contributed by atoms with Crippen LogP contribution in [-0.4, -0.2) is 45.6 Å². The molecule has 0 spiro atoms. The summed E-state index contributed by atoms with van der Waals surface area (Å²) in [5.41, 5.74) is 1.68. The van der Waals surface area contributed by atoms with Gasteiger partial charge in [-0.25, -0.2) is 14.4 Å². The maximum atomic E-state index is 14.8. The van der Waals surface area contributed by atoms with E-state index < -0.39 is 13.0 Å². The second-order valence-electron chi connectivity index (χ2n) is 7.87. The Balaban J connectivity index is 1.39. The minimum absolute atomic E-state index is 0.319. The molecule has 162 valence electrons. The Bertz CT molecular complexity index is 1320. The van der Waals surface area contributed by atoms with Crippen LogP contribution in [0.5, 0.6) is 0 Å². The number of nitrogens with zero attached hydrogens (tertiary/aromatic N) is 5. The summed E-state index contributed by atoms with van der Waals surface area (Å²) in [6.45, 7) is 0.995. The number of aromatic nitrogens is 4. The van der Waals surface area contributed by atoms with E-state index in [-0.39, 0.29) is 0 Å². The molecule has 0 saturated carbocycles. The smallest absolute Gasteiger partial charge is 0.225 e. The van der Waals surface area contributed by atoms with Gasteiger partial charge in [0, 0.05) is 47.9 Å². The van der Waals surface area contributed by atoms with Gasteiger partial charge in [-0.3, -0.25) is 0 Å². The lowest BCUT2D eigenvalue weighted by molar-refractivity contribution is 0.570. The van der Waals surface area contributed by atoms with Gasteiger partial charge >= 0.3 is 0 Å². The predicted molar refractivity (Wildman–Crippen MR) is 125 cm³/mol. The fourth-order valence-electron chi connectivity index (χ4n) is 4.09. The molecule has 2 aromatic heterocycles. The molecule has 4 aromatic rings. The van der Waals surface area contributed by atoms with E-state index in [2.05, 4.69) is 20.2 Å². The summed E-state index contributed by atoms with van der Waals surface area (Å²) in [5.74, 6) is 0.127. The average Bonchev–Trinajstić information content (AvgIpc) is 2.82. The molecule has 1 aliphatic heterocycles. The van der Waals surface area contributed by atoms with Crippen LogP contribution in [0.15, 0.2) is 61.1 Å². The van der Waals surface area contributed by atoms with E-state index in [0.29, 0.717) is 48.1 Å². The average molecular weight is 468 g/mol. The summed E-state index contributed by atoms with van der Waals surface area (Å²) >= 11 is 5.86. The zero-order valence-electron chi connectivity index (χ0n) is 17.2. The third-order valence-corrected chi connectivity index (χ3v) is 9.08. The second kappa shape index (κ2) is 8.57. The molecule has 32 heavy (non-hydrogen) atoms. The Labute approximate surface area is 189 Å². The summed E-state index contributed by atoms with van der Waals surface area (Å²) < 4.78 is 28.5. The van der Waals surface area contributed by atoms with Crippen LogP contribution in [0.1, 0.15) is 11.3 Å². The molecule has 0 aliphatic carbocycles. The van der Waals surface area contributed by atoms with Crippen molar-refractivity contribution in [2.75, 3.05) is 30.3 Å². The van der Waals surface area contributed by atoms with E-state index in [4.69, 9.17) is 11.6 Å². The fraction of sp³-hybridized carbons (Fsp3) is 0.217. The van der Waals surface area contributed by atoms with E-state index in [1.165, 1.54) is 18.5 Å². The number of hydrogen-bond donors (Lipinski definition) is 0. The van der Waals surface area contributed by atoms with Crippen LogP contribution < -0.4 is 10.2 Å². The third-order valence-electron chi connectivity index (χ3n) is 5.82. The molecule has 0 atom stereocenters. The molecule has 6 nitrogen and oxygen atoms in total. The van der Waals surface area contributed by atoms with Gasteiger partial charge in [0.05, 0.1) is 29.3 Å². The van der Waals surface area contributed by atoms with E-state index in [0.717, 1.165) is 22.0 Å². The topological polar surface area (TPSA) is 71.9 Å². The van der Waals surface area contributed by atoms with Crippen molar-refractivity contribution in [3.8, 4) is 0 Å². The molecule has 0 unspecified atom stereocenters. The van der Waals surface area contributed by atoms with E-state index in [1.54, 1.807) is 18.3 Å². The minimum Gasteiger partial charge on any atom is -0.340 e. The van der Waals surface area contributed by atoms with Crippen molar-refractivity contribution in [1.29, 1.82) is 0 Å². The summed E-state index contributed by atoms with van der Waals surface area (Å²) in [6.07, 6.45) is 6.04. The van der Waals surface area contributed by atoms with E-state index >= 15 is 0 Å². The lowest BCUT2D eigenvalue weighted by Crippen LogP contribution is -2.38. The van der Waals surface area contributed by atoms with Crippen molar-refractivity contribution in [2.45, 2.75) is 6.42 Å². The number of benzene rings is 2. The zero-order chi connectivity index (χ0) is 22.1. The van der Waals surface area contributed by atoms with Gasteiger partial charge < -0.3 is 9.46 Å². The zero-order valence-corrected chi connectivity index (χ0v) is 18.8. The first-order valence-electron chi connectivity index (χ1n) is 10.3. The summed E-state index contributed by atoms with van der Waals surface area (Å²) in [7, 11) is -2.88. The molecule has 2 aromatic carbocycles. The largest absolute Gasteiger partial charge is 0.340 e. The lowest BCUT2D eigenvalue weighted by atomic mass is 10.0. The third kappa shape index (κ3) is 4.10. The quantitative estimate of drug-likeness (QED) is 0.416. The molecule has 1 fully saturated rings. The van der Waals surface area contributed by atoms with E-state index in [9.17, 15) is 8.96 Å². The second-order valence-corrected chi connectivity index (χ2v) is 11.5. The molecule has 0 bridgehead atoms. The molecule has 0 amide bonds. The summed E-state index contributed by atoms with van der Waals surface area (Å²) in [6, 6.07) is 12.8. The SMILES string of the molecule is O=P1(c2cc(Cc3nncc4ccccc34)ccc2F)CCN(c2ncc(Cl)cn2)CC1. The van der Waals surface area contributed by atoms with Gasteiger partial charge in [-0.2, -0.15) is 10.2 Å². The van der Waals surface area contributed by atoms with Crippen molar-refractivity contribution in [2.24, 2.45) is 0 Å². The van der Waals surface area contributed by atoms with Gasteiger partial charge in [0.25, 0.3) is 0 Å². The minimum atomic E-state index is -2.88. The van der Waals surface area contributed by atoms with Crippen LogP contribution in [0.25, 0.3) is 10.8 Å². The maximum absolute atomic E-state index is 14.8. The first-order valence-corrected chi connectivity index (χ1v) is 12.8. The summed E-state index contributed by atoms with van der Waals surface area (Å²) in [4.78, 5) is 10.4. The van der Waals surface area contributed by atoms with Gasteiger partial charge in [0.2, 0.25) is 5.95 Å². The molecule has 3 heterocycles. The van der Waals surface area contributed by atoms with Crippen LogP contribution in [0, 0.1) is 5.82 Å². The number of rotatable bonds is 4. The van der Waals surface area contributed by atoms with Crippen LogP contribution in [0.2, 0.25) is 5.02 Å². The molecule has 5 rings (SSSR count). The Morgan fingerprint density at radius 3 is 2.56 bits per heavy atom. The van der Waals surface area contributed by atoms with Crippen LogP contribution in [-0.2, 0) is 11.0 Å². The molecular weight excluding hydrogens is 448 g/mol. The molecule has 0 N–H and O–H groups in total. The molecule has 1 aliphatic rings. The highest BCUT2D eigenvalue weighted by atomic mass is 35.5. The maximum Gasteiger partial charge on any atom is 0.225 e. The Morgan fingerprint density at radius 2 is 1.78 bits per heavy atom. The number of halogens is 2. The number of fused-ring (bicyclic) bond motifs is 1. The van der Waals surface area contributed by atoms with E-state index in [1.807, 2.05) is 29.2 Å². The van der Waals surface area contributed by atoms with Gasteiger partial charge in [0.15, 0.2) is 0 Å². The van der Waals surface area contributed by atoms with Crippen molar-refractivity contribution < 1.29 is 8.96 Å². The molecule has 1 saturated heterocycles. The first-order chi connectivity index (χ1) is 15.5. The van der Waals surface area contributed by atoms with Crippen molar-refractivity contribution in [1.82, 2.24) is 20.2 Å². The Kier molecular flexibility index (Phi) is 5.62.